The molecule has 112 valence electrons. The Hall–Kier alpha value is -1.34. The number of thiocarbonyl (C=S) groups is 1. The van der Waals surface area contributed by atoms with Crippen LogP contribution >= 0.6 is 12.2 Å². The van der Waals surface area contributed by atoms with Crippen molar-refractivity contribution in [3.63, 3.8) is 0 Å². The van der Waals surface area contributed by atoms with Crippen molar-refractivity contribution in [3.05, 3.63) is 24.3 Å². The van der Waals surface area contributed by atoms with E-state index >= 15 is 0 Å². The molecule has 0 aliphatic carbocycles. The Labute approximate surface area is 125 Å². The first-order valence-corrected chi connectivity index (χ1v) is 8.37. The molecule has 1 aromatic carbocycles. The minimum atomic E-state index is -3.38. The third-order valence-corrected chi connectivity index (χ3v) is 3.91. The second-order valence-corrected chi connectivity index (χ2v) is 7.22. The van der Waals surface area contributed by atoms with E-state index in [9.17, 15) is 8.42 Å². The molecule has 0 amide bonds. The summed E-state index contributed by atoms with van der Waals surface area (Å²) in [7, 11) is -3.38. The first kappa shape index (κ1) is 16.7. The summed E-state index contributed by atoms with van der Waals surface area (Å²) in [5.74, 6) is 0.815. The third-order valence-electron chi connectivity index (χ3n) is 2.49. The van der Waals surface area contributed by atoms with Crippen molar-refractivity contribution >= 4 is 32.9 Å². The maximum Gasteiger partial charge on any atom is 0.232 e. The van der Waals surface area contributed by atoms with E-state index in [-0.39, 0.29) is 17.3 Å². The standard InChI is InChI=1S/C13H20N2O3S2/c1-10(2)7-8-20(16,17)15-11-5-3-4-6-12(11)18-9-13(14)19/h3-6,10,15H,7-9H2,1-2H3,(H2,14,19). The molecule has 0 bridgehead atoms. The highest BCUT2D eigenvalue weighted by Gasteiger charge is 2.14. The summed E-state index contributed by atoms with van der Waals surface area (Å²) in [5, 5.41) is 0. The molecule has 5 nitrogen and oxygen atoms in total. The number of hydrogen-bond acceptors (Lipinski definition) is 4. The second kappa shape index (κ2) is 7.44. The number of nitrogens with two attached hydrogens (primary N) is 1. The molecule has 0 unspecified atom stereocenters. The van der Waals surface area contributed by atoms with Gasteiger partial charge in [-0.15, -0.1) is 0 Å². The first-order chi connectivity index (χ1) is 9.30. The summed E-state index contributed by atoms with van der Waals surface area (Å²) in [6, 6.07) is 6.79. The van der Waals surface area contributed by atoms with E-state index in [4.69, 9.17) is 22.7 Å². The van der Waals surface area contributed by atoms with Crippen molar-refractivity contribution < 1.29 is 13.2 Å². The van der Waals surface area contributed by atoms with Gasteiger partial charge in [0.2, 0.25) is 10.0 Å². The summed E-state index contributed by atoms with van der Waals surface area (Å²) >= 11 is 4.73. The fourth-order valence-corrected chi connectivity index (χ4v) is 2.88. The molecular weight excluding hydrogens is 296 g/mol. The molecule has 0 atom stereocenters. The van der Waals surface area contributed by atoms with Crippen LogP contribution in [0.1, 0.15) is 20.3 Å². The van der Waals surface area contributed by atoms with Crippen LogP contribution in [0.3, 0.4) is 0 Å². The van der Waals surface area contributed by atoms with Crippen LogP contribution < -0.4 is 15.2 Å². The molecule has 0 aliphatic heterocycles. The van der Waals surface area contributed by atoms with Crippen LogP contribution in [0, 0.1) is 5.92 Å². The fraction of sp³-hybridized carbons (Fsp3) is 0.462. The largest absolute Gasteiger partial charge is 0.484 e. The van der Waals surface area contributed by atoms with E-state index < -0.39 is 10.0 Å². The lowest BCUT2D eigenvalue weighted by Crippen LogP contribution is -2.20. The van der Waals surface area contributed by atoms with Gasteiger partial charge in [-0.25, -0.2) is 8.42 Å². The molecule has 7 heteroatoms. The summed E-state index contributed by atoms with van der Waals surface area (Å²) in [5.41, 5.74) is 5.76. The van der Waals surface area contributed by atoms with Gasteiger partial charge in [-0.2, -0.15) is 0 Å². The van der Waals surface area contributed by atoms with E-state index in [0.717, 1.165) is 0 Å². The second-order valence-electron chi connectivity index (χ2n) is 4.85. The molecule has 0 aliphatic rings. The Morgan fingerprint density at radius 1 is 1.40 bits per heavy atom. The molecule has 0 saturated heterocycles. The van der Waals surface area contributed by atoms with Crippen LogP contribution in [0.15, 0.2) is 24.3 Å². The van der Waals surface area contributed by atoms with Crippen LogP contribution in [-0.4, -0.2) is 25.8 Å². The Morgan fingerprint density at radius 2 is 2.05 bits per heavy atom. The number of para-hydroxylation sites is 2. The van der Waals surface area contributed by atoms with E-state index in [2.05, 4.69) is 4.72 Å². The molecule has 3 N–H and O–H groups in total. The van der Waals surface area contributed by atoms with E-state index in [1.54, 1.807) is 24.3 Å². The Balaban J connectivity index is 2.78. The molecule has 0 aromatic heterocycles. The highest BCUT2D eigenvalue weighted by molar-refractivity contribution is 7.92. The van der Waals surface area contributed by atoms with Gasteiger partial charge in [0.05, 0.1) is 11.4 Å². The molecule has 0 saturated carbocycles. The molecular formula is C13H20N2O3S2. The van der Waals surface area contributed by atoms with Gasteiger partial charge in [0.15, 0.2) is 0 Å². The van der Waals surface area contributed by atoms with Gasteiger partial charge >= 0.3 is 0 Å². The van der Waals surface area contributed by atoms with E-state index in [1.807, 2.05) is 13.8 Å². The van der Waals surface area contributed by atoms with Crippen LogP contribution in [0.2, 0.25) is 0 Å². The molecule has 1 aromatic rings. The van der Waals surface area contributed by atoms with E-state index in [1.165, 1.54) is 0 Å². The smallest absolute Gasteiger partial charge is 0.232 e. The maximum absolute atomic E-state index is 12.0. The fourth-order valence-electron chi connectivity index (χ4n) is 1.44. The number of anilines is 1. The number of sulfonamides is 1. The number of ether oxygens (including phenoxy) is 1. The van der Waals surface area contributed by atoms with Gasteiger partial charge < -0.3 is 10.5 Å². The Bertz CT molecular complexity index is 556. The van der Waals surface area contributed by atoms with Crippen molar-refractivity contribution in [2.75, 3.05) is 17.1 Å². The lowest BCUT2D eigenvalue weighted by atomic mass is 10.2. The number of rotatable bonds is 8. The number of hydrogen-bond donors (Lipinski definition) is 2. The van der Waals surface area contributed by atoms with Crippen molar-refractivity contribution in [3.8, 4) is 5.75 Å². The lowest BCUT2D eigenvalue weighted by Gasteiger charge is -2.13. The van der Waals surface area contributed by atoms with Gasteiger partial charge in [0.1, 0.15) is 17.3 Å². The maximum atomic E-state index is 12.0. The van der Waals surface area contributed by atoms with Crippen molar-refractivity contribution in [1.82, 2.24) is 0 Å². The van der Waals surface area contributed by atoms with Gasteiger partial charge in [0, 0.05) is 0 Å². The monoisotopic (exact) mass is 316 g/mol. The van der Waals surface area contributed by atoms with Crippen LogP contribution in [0.5, 0.6) is 5.75 Å². The minimum absolute atomic E-state index is 0.0695. The third kappa shape index (κ3) is 6.21. The van der Waals surface area contributed by atoms with Gasteiger partial charge in [0.25, 0.3) is 0 Å². The highest BCUT2D eigenvalue weighted by atomic mass is 32.2. The average Bonchev–Trinajstić information content (AvgIpc) is 2.35. The minimum Gasteiger partial charge on any atom is -0.484 e. The highest BCUT2D eigenvalue weighted by Crippen LogP contribution is 2.25. The predicted molar refractivity (Wildman–Crippen MR) is 85.6 cm³/mol. The van der Waals surface area contributed by atoms with Crippen LogP contribution in [-0.2, 0) is 10.0 Å². The first-order valence-electron chi connectivity index (χ1n) is 6.31. The predicted octanol–water partition coefficient (Wildman–Crippen LogP) is 2.14. The molecule has 20 heavy (non-hydrogen) atoms. The van der Waals surface area contributed by atoms with Gasteiger partial charge in [-0.1, -0.05) is 38.2 Å². The molecule has 0 spiro atoms. The van der Waals surface area contributed by atoms with Crippen molar-refractivity contribution in [2.24, 2.45) is 11.7 Å². The molecule has 0 radical (unpaired) electrons. The number of benzene rings is 1. The number of nitrogens with one attached hydrogen (secondary N) is 1. The Kier molecular flexibility index (Phi) is 6.22. The van der Waals surface area contributed by atoms with Gasteiger partial charge in [-0.05, 0) is 24.5 Å². The van der Waals surface area contributed by atoms with Crippen LogP contribution in [0.25, 0.3) is 0 Å². The zero-order valence-corrected chi connectivity index (χ0v) is 13.3. The molecule has 1 rings (SSSR count). The zero-order valence-electron chi connectivity index (χ0n) is 11.6. The van der Waals surface area contributed by atoms with Crippen LogP contribution in [0.4, 0.5) is 5.69 Å². The summed E-state index contributed by atoms with van der Waals surface area (Å²) in [6.45, 7) is 4.03. The molecule has 0 heterocycles. The summed E-state index contributed by atoms with van der Waals surface area (Å²) in [6.07, 6.45) is 0.602. The average molecular weight is 316 g/mol. The Morgan fingerprint density at radius 3 is 2.65 bits per heavy atom. The van der Waals surface area contributed by atoms with E-state index in [0.29, 0.717) is 23.8 Å². The van der Waals surface area contributed by atoms with Gasteiger partial charge in [-0.3, -0.25) is 4.72 Å². The lowest BCUT2D eigenvalue weighted by molar-refractivity contribution is 0.379. The topological polar surface area (TPSA) is 81.4 Å². The van der Waals surface area contributed by atoms with Crippen molar-refractivity contribution in [1.29, 1.82) is 0 Å². The summed E-state index contributed by atoms with van der Waals surface area (Å²) in [4.78, 5) is 0.211. The summed E-state index contributed by atoms with van der Waals surface area (Å²) < 4.78 is 31.9. The SMILES string of the molecule is CC(C)CCS(=O)(=O)Nc1ccccc1OCC(N)=S. The van der Waals surface area contributed by atoms with Crippen molar-refractivity contribution in [2.45, 2.75) is 20.3 Å². The zero-order chi connectivity index (χ0) is 15.2. The quantitative estimate of drug-likeness (QED) is 0.718. The molecule has 0 fully saturated rings. The normalized spacial score (nSPS) is 11.3.